The van der Waals surface area contributed by atoms with E-state index in [0.29, 0.717) is 26.2 Å². The van der Waals surface area contributed by atoms with Crippen LogP contribution in [-0.2, 0) is 11.3 Å². The Labute approximate surface area is 158 Å². The SMILES string of the molecule is Cc1cc(C(=O)N2CCCO[C@H](Cn3cccn3)C2)c2cccc(C)c2n1. The molecule has 0 N–H and O–H groups in total. The first-order valence-electron chi connectivity index (χ1n) is 9.37. The Morgan fingerprint density at radius 1 is 1.30 bits per heavy atom. The molecule has 1 fully saturated rings. The maximum absolute atomic E-state index is 13.4. The molecule has 0 radical (unpaired) electrons. The van der Waals surface area contributed by atoms with E-state index in [4.69, 9.17) is 4.74 Å². The lowest BCUT2D eigenvalue weighted by Crippen LogP contribution is -2.38. The van der Waals surface area contributed by atoms with Gasteiger partial charge in [-0.2, -0.15) is 5.10 Å². The minimum Gasteiger partial charge on any atom is -0.374 e. The summed E-state index contributed by atoms with van der Waals surface area (Å²) in [4.78, 5) is 20.0. The van der Waals surface area contributed by atoms with Crippen molar-refractivity contribution >= 4 is 16.8 Å². The number of nitrogens with zero attached hydrogens (tertiary/aromatic N) is 4. The molecule has 0 spiro atoms. The molecule has 1 amide bonds. The molecule has 1 aromatic carbocycles. The van der Waals surface area contributed by atoms with Crippen LogP contribution in [0.5, 0.6) is 0 Å². The highest BCUT2D eigenvalue weighted by Gasteiger charge is 2.25. The summed E-state index contributed by atoms with van der Waals surface area (Å²) in [5.74, 6) is 0.0482. The molecule has 3 heterocycles. The van der Waals surface area contributed by atoms with Crippen molar-refractivity contribution in [2.45, 2.75) is 32.9 Å². The van der Waals surface area contributed by atoms with E-state index >= 15 is 0 Å². The molecule has 27 heavy (non-hydrogen) atoms. The van der Waals surface area contributed by atoms with E-state index in [2.05, 4.69) is 10.1 Å². The summed E-state index contributed by atoms with van der Waals surface area (Å²) in [5, 5.41) is 5.17. The van der Waals surface area contributed by atoms with Crippen LogP contribution < -0.4 is 0 Å². The monoisotopic (exact) mass is 364 g/mol. The Hall–Kier alpha value is -2.73. The first-order valence-corrected chi connectivity index (χ1v) is 9.37. The highest BCUT2D eigenvalue weighted by Crippen LogP contribution is 2.23. The fraction of sp³-hybridized carbons (Fsp3) is 0.381. The minimum absolute atomic E-state index is 0.0482. The normalized spacial score (nSPS) is 17.9. The standard InChI is InChI=1S/C21H24N4O2/c1-15-6-3-7-18-19(12-16(2)23-20(15)18)21(26)24-9-5-11-27-17(13-24)14-25-10-4-8-22-25/h3-4,6-8,10,12,17H,5,9,11,13-14H2,1-2H3/t17-/m0/s1. The largest absolute Gasteiger partial charge is 0.374 e. The van der Waals surface area contributed by atoms with Crippen LogP contribution >= 0.6 is 0 Å². The van der Waals surface area contributed by atoms with Crippen LogP contribution in [0.1, 0.15) is 28.0 Å². The third-order valence-corrected chi connectivity index (χ3v) is 4.99. The number of hydrogen-bond acceptors (Lipinski definition) is 4. The molecule has 2 aromatic heterocycles. The van der Waals surface area contributed by atoms with Gasteiger partial charge >= 0.3 is 0 Å². The fourth-order valence-corrected chi connectivity index (χ4v) is 3.67. The summed E-state index contributed by atoms with van der Waals surface area (Å²) in [5.41, 5.74) is 3.57. The molecule has 0 aliphatic carbocycles. The summed E-state index contributed by atoms with van der Waals surface area (Å²) in [6, 6.07) is 9.80. The van der Waals surface area contributed by atoms with Gasteiger partial charge in [0.05, 0.1) is 23.7 Å². The molecule has 0 saturated carbocycles. The quantitative estimate of drug-likeness (QED) is 0.717. The lowest BCUT2D eigenvalue weighted by Gasteiger charge is -2.25. The van der Waals surface area contributed by atoms with Crippen LogP contribution in [-0.4, -0.2) is 51.4 Å². The molecule has 1 aliphatic rings. The molecule has 140 valence electrons. The van der Waals surface area contributed by atoms with Gasteiger partial charge < -0.3 is 9.64 Å². The topological polar surface area (TPSA) is 60.2 Å². The van der Waals surface area contributed by atoms with E-state index < -0.39 is 0 Å². The van der Waals surface area contributed by atoms with E-state index in [9.17, 15) is 4.79 Å². The second-order valence-electron chi connectivity index (χ2n) is 7.11. The van der Waals surface area contributed by atoms with Crippen molar-refractivity contribution in [3.63, 3.8) is 0 Å². The van der Waals surface area contributed by atoms with Gasteiger partial charge in [0.2, 0.25) is 0 Å². The number of ether oxygens (including phenoxy) is 1. The van der Waals surface area contributed by atoms with Gasteiger partial charge in [-0.25, -0.2) is 0 Å². The minimum atomic E-state index is -0.0627. The van der Waals surface area contributed by atoms with Crippen molar-refractivity contribution in [2.75, 3.05) is 19.7 Å². The van der Waals surface area contributed by atoms with E-state index in [-0.39, 0.29) is 12.0 Å². The lowest BCUT2D eigenvalue weighted by molar-refractivity contribution is 0.0368. The van der Waals surface area contributed by atoms with Gasteiger partial charge in [-0.15, -0.1) is 0 Å². The summed E-state index contributed by atoms with van der Waals surface area (Å²) in [6.45, 7) is 6.53. The van der Waals surface area contributed by atoms with Crippen LogP contribution in [0.2, 0.25) is 0 Å². The Kier molecular flexibility index (Phi) is 4.90. The smallest absolute Gasteiger partial charge is 0.254 e. The Morgan fingerprint density at radius 2 is 2.19 bits per heavy atom. The van der Waals surface area contributed by atoms with E-state index in [0.717, 1.165) is 34.1 Å². The molecule has 0 bridgehead atoms. The lowest BCUT2D eigenvalue weighted by atomic mass is 10.0. The molecule has 3 aromatic rings. The van der Waals surface area contributed by atoms with Crippen LogP contribution in [0.4, 0.5) is 0 Å². The molecule has 1 atom stereocenters. The number of aromatic nitrogens is 3. The van der Waals surface area contributed by atoms with Crippen molar-refractivity contribution in [1.82, 2.24) is 19.7 Å². The van der Waals surface area contributed by atoms with Crippen LogP contribution in [0.25, 0.3) is 10.9 Å². The molecule has 6 nitrogen and oxygen atoms in total. The zero-order valence-electron chi connectivity index (χ0n) is 15.8. The zero-order chi connectivity index (χ0) is 18.8. The summed E-state index contributed by atoms with van der Waals surface area (Å²) >= 11 is 0. The van der Waals surface area contributed by atoms with Crippen molar-refractivity contribution < 1.29 is 9.53 Å². The number of fused-ring (bicyclic) bond motifs is 1. The van der Waals surface area contributed by atoms with Gasteiger partial charge in [0.1, 0.15) is 0 Å². The number of carbonyl (C=O) groups excluding carboxylic acids is 1. The van der Waals surface area contributed by atoms with E-state index in [1.807, 2.05) is 60.0 Å². The van der Waals surface area contributed by atoms with Crippen LogP contribution in [0, 0.1) is 13.8 Å². The second-order valence-corrected chi connectivity index (χ2v) is 7.11. The molecular formula is C21H24N4O2. The van der Waals surface area contributed by atoms with Gasteiger partial charge in [0.25, 0.3) is 5.91 Å². The third kappa shape index (κ3) is 3.71. The summed E-state index contributed by atoms with van der Waals surface area (Å²) < 4.78 is 7.81. The van der Waals surface area contributed by atoms with Crippen LogP contribution in [0.3, 0.4) is 0 Å². The maximum Gasteiger partial charge on any atom is 0.254 e. The molecular weight excluding hydrogens is 340 g/mol. The second kappa shape index (κ2) is 7.48. The van der Waals surface area contributed by atoms with Gasteiger partial charge in [0.15, 0.2) is 0 Å². The molecule has 6 heteroatoms. The van der Waals surface area contributed by atoms with Gasteiger partial charge in [-0.1, -0.05) is 18.2 Å². The summed E-state index contributed by atoms with van der Waals surface area (Å²) in [6.07, 6.45) is 4.45. The third-order valence-electron chi connectivity index (χ3n) is 4.99. The van der Waals surface area contributed by atoms with Crippen LogP contribution in [0.15, 0.2) is 42.7 Å². The van der Waals surface area contributed by atoms with Gasteiger partial charge in [-0.3, -0.25) is 14.5 Å². The maximum atomic E-state index is 13.4. The van der Waals surface area contributed by atoms with Gasteiger partial charge in [-0.05, 0) is 38.0 Å². The number of amides is 1. The zero-order valence-corrected chi connectivity index (χ0v) is 15.8. The number of rotatable bonds is 3. The summed E-state index contributed by atoms with van der Waals surface area (Å²) in [7, 11) is 0. The van der Waals surface area contributed by atoms with Crippen molar-refractivity contribution in [3.8, 4) is 0 Å². The van der Waals surface area contributed by atoms with E-state index in [1.165, 1.54) is 0 Å². The predicted octanol–water partition coefficient (Wildman–Crippen LogP) is 2.98. The molecule has 1 aliphatic heterocycles. The number of pyridine rings is 1. The van der Waals surface area contributed by atoms with Gasteiger partial charge in [0, 0.05) is 43.2 Å². The number of para-hydroxylation sites is 1. The predicted molar refractivity (Wildman–Crippen MR) is 104 cm³/mol. The fourth-order valence-electron chi connectivity index (χ4n) is 3.67. The molecule has 0 unspecified atom stereocenters. The first kappa shape index (κ1) is 17.7. The highest BCUT2D eigenvalue weighted by atomic mass is 16.5. The number of hydrogen-bond donors (Lipinski definition) is 0. The molecule has 1 saturated heterocycles. The highest BCUT2D eigenvalue weighted by molar-refractivity contribution is 6.06. The average molecular weight is 364 g/mol. The van der Waals surface area contributed by atoms with Crippen molar-refractivity contribution in [1.29, 1.82) is 0 Å². The Morgan fingerprint density at radius 3 is 3.00 bits per heavy atom. The van der Waals surface area contributed by atoms with E-state index in [1.54, 1.807) is 6.20 Å². The number of carbonyl (C=O) groups is 1. The molecule has 4 rings (SSSR count). The van der Waals surface area contributed by atoms with Crippen molar-refractivity contribution in [3.05, 3.63) is 59.5 Å². The van der Waals surface area contributed by atoms with Crippen molar-refractivity contribution in [2.24, 2.45) is 0 Å². The number of benzene rings is 1. The Bertz CT molecular complexity index is 952. The Balaban J connectivity index is 1.63. The first-order chi connectivity index (χ1) is 13.1. The number of aryl methyl sites for hydroxylation is 2. The average Bonchev–Trinajstić information content (AvgIpc) is 3.05.